The number of carbonyl (C=O) groups excluding carboxylic acids is 1. The molecule has 4 nitrogen and oxygen atoms in total. The fraction of sp³-hybridized carbons (Fsp3) is 0.929. The van der Waals surface area contributed by atoms with Gasteiger partial charge in [0, 0.05) is 17.9 Å². The van der Waals surface area contributed by atoms with Gasteiger partial charge >= 0.3 is 0 Å². The van der Waals surface area contributed by atoms with E-state index in [9.17, 15) is 9.90 Å². The van der Waals surface area contributed by atoms with Crippen LogP contribution in [-0.2, 0) is 4.79 Å². The van der Waals surface area contributed by atoms with Gasteiger partial charge in [0.2, 0.25) is 5.91 Å². The molecule has 1 atom stereocenters. The highest BCUT2D eigenvalue weighted by Gasteiger charge is 2.31. The van der Waals surface area contributed by atoms with E-state index in [2.05, 4.69) is 10.6 Å². The number of hydrogen-bond donors (Lipinski definition) is 3. The van der Waals surface area contributed by atoms with Crippen molar-refractivity contribution in [1.29, 1.82) is 0 Å². The summed E-state index contributed by atoms with van der Waals surface area (Å²) in [4.78, 5) is 12.0. The Kier molecular flexibility index (Phi) is 5.60. The van der Waals surface area contributed by atoms with Crippen molar-refractivity contribution in [2.24, 2.45) is 17.3 Å². The van der Waals surface area contributed by atoms with Gasteiger partial charge in [-0.3, -0.25) is 4.79 Å². The molecule has 1 fully saturated rings. The summed E-state index contributed by atoms with van der Waals surface area (Å²) in [5.74, 6) is 0.481. The predicted octanol–water partition coefficient (Wildman–Crippen LogP) is 1.15. The number of carbonyl (C=O) groups is 1. The zero-order chi connectivity index (χ0) is 13.8. The number of aliphatic hydroxyl groups is 1. The molecule has 1 heterocycles. The lowest BCUT2D eigenvalue weighted by Gasteiger charge is -2.34. The Balaban J connectivity index is 2.41. The third-order valence-electron chi connectivity index (χ3n) is 3.86. The number of nitrogens with one attached hydrogen (secondary N) is 2. The third kappa shape index (κ3) is 4.25. The first-order valence-corrected chi connectivity index (χ1v) is 7.01. The molecular formula is C14H28N2O2. The molecular weight excluding hydrogens is 228 g/mol. The molecule has 1 unspecified atom stereocenters. The average molecular weight is 256 g/mol. The maximum Gasteiger partial charge on any atom is 0.223 e. The Bertz CT molecular complexity index is 271. The van der Waals surface area contributed by atoms with Crippen LogP contribution in [0, 0.1) is 17.3 Å². The summed E-state index contributed by atoms with van der Waals surface area (Å²) < 4.78 is 0. The monoisotopic (exact) mass is 256 g/mol. The minimum absolute atomic E-state index is 0.137. The topological polar surface area (TPSA) is 61.4 Å². The molecule has 0 bridgehead atoms. The first kappa shape index (κ1) is 15.4. The lowest BCUT2D eigenvalue weighted by molar-refractivity contribution is -0.126. The van der Waals surface area contributed by atoms with Crippen LogP contribution in [0.15, 0.2) is 0 Å². The Morgan fingerprint density at radius 3 is 2.44 bits per heavy atom. The number of piperidine rings is 1. The first-order chi connectivity index (χ1) is 8.34. The standard InChI is InChI=1S/C14H28N2O2/c1-10(2)12(17)14(3,4)9-16-13(18)11-5-7-15-8-6-11/h10-12,15,17H,5-9H2,1-4H3,(H,16,18). The smallest absolute Gasteiger partial charge is 0.223 e. The molecule has 0 aromatic rings. The summed E-state index contributed by atoms with van der Waals surface area (Å²) >= 11 is 0. The molecule has 18 heavy (non-hydrogen) atoms. The van der Waals surface area contributed by atoms with Crippen molar-refractivity contribution in [3.8, 4) is 0 Å². The van der Waals surface area contributed by atoms with Gasteiger partial charge in [0.25, 0.3) is 0 Å². The molecule has 0 aromatic carbocycles. The number of hydrogen-bond acceptors (Lipinski definition) is 3. The molecule has 0 spiro atoms. The Morgan fingerprint density at radius 2 is 1.94 bits per heavy atom. The molecule has 106 valence electrons. The van der Waals surface area contributed by atoms with Crippen LogP contribution >= 0.6 is 0 Å². The van der Waals surface area contributed by atoms with Crippen LogP contribution in [0.4, 0.5) is 0 Å². The van der Waals surface area contributed by atoms with Gasteiger partial charge < -0.3 is 15.7 Å². The Hall–Kier alpha value is -0.610. The maximum atomic E-state index is 12.0. The second-order valence-corrected chi connectivity index (χ2v) is 6.42. The van der Waals surface area contributed by atoms with Gasteiger partial charge in [-0.05, 0) is 31.8 Å². The molecule has 0 aliphatic carbocycles. The Labute approximate surface area is 111 Å². The number of amides is 1. The van der Waals surface area contributed by atoms with Gasteiger partial charge in [-0.25, -0.2) is 0 Å². The van der Waals surface area contributed by atoms with Crippen LogP contribution in [0.3, 0.4) is 0 Å². The lowest BCUT2D eigenvalue weighted by Crippen LogP contribution is -2.46. The van der Waals surface area contributed by atoms with E-state index in [4.69, 9.17) is 0 Å². The highest BCUT2D eigenvalue weighted by Crippen LogP contribution is 2.25. The van der Waals surface area contributed by atoms with Crippen molar-refractivity contribution in [2.75, 3.05) is 19.6 Å². The van der Waals surface area contributed by atoms with Gasteiger partial charge in [-0.1, -0.05) is 27.7 Å². The fourth-order valence-corrected chi connectivity index (χ4v) is 2.55. The molecule has 1 rings (SSSR count). The third-order valence-corrected chi connectivity index (χ3v) is 3.86. The zero-order valence-electron chi connectivity index (χ0n) is 12.1. The van der Waals surface area contributed by atoms with Crippen LogP contribution in [0.5, 0.6) is 0 Å². The summed E-state index contributed by atoms with van der Waals surface area (Å²) in [6.45, 7) is 10.4. The van der Waals surface area contributed by atoms with Gasteiger partial charge in [-0.15, -0.1) is 0 Å². The van der Waals surface area contributed by atoms with Crippen molar-refractivity contribution in [3.05, 3.63) is 0 Å². The molecule has 4 heteroatoms. The van der Waals surface area contributed by atoms with Crippen LogP contribution in [0.2, 0.25) is 0 Å². The van der Waals surface area contributed by atoms with Crippen LogP contribution in [0.25, 0.3) is 0 Å². The van der Waals surface area contributed by atoms with E-state index in [1.807, 2.05) is 27.7 Å². The van der Waals surface area contributed by atoms with Crippen molar-refractivity contribution in [2.45, 2.75) is 46.6 Å². The highest BCUT2D eigenvalue weighted by atomic mass is 16.3. The van der Waals surface area contributed by atoms with Crippen molar-refractivity contribution >= 4 is 5.91 Å². The van der Waals surface area contributed by atoms with Gasteiger partial charge in [0.15, 0.2) is 0 Å². The van der Waals surface area contributed by atoms with Gasteiger partial charge in [0.05, 0.1) is 6.10 Å². The van der Waals surface area contributed by atoms with E-state index in [1.54, 1.807) is 0 Å². The zero-order valence-corrected chi connectivity index (χ0v) is 12.1. The number of aliphatic hydroxyl groups excluding tert-OH is 1. The van der Waals surface area contributed by atoms with E-state index in [0.717, 1.165) is 25.9 Å². The fourth-order valence-electron chi connectivity index (χ4n) is 2.55. The summed E-state index contributed by atoms with van der Waals surface area (Å²) in [6, 6.07) is 0. The molecule has 1 saturated heterocycles. The maximum absolute atomic E-state index is 12.0. The minimum atomic E-state index is -0.397. The summed E-state index contributed by atoms with van der Waals surface area (Å²) in [6.07, 6.45) is 1.43. The van der Waals surface area contributed by atoms with Crippen molar-refractivity contribution < 1.29 is 9.90 Å². The largest absolute Gasteiger partial charge is 0.392 e. The normalized spacial score (nSPS) is 19.9. The van der Waals surface area contributed by atoms with E-state index >= 15 is 0 Å². The molecule has 3 N–H and O–H groups in total. The van der Waals surface area contributed by atoms with E-state index in [1.165, 1.54) is 0 Å². The van der Waals surface area contributed by atoms with E-state index in [-0.39, 0.29) is 23.2 Å². The minimum Gasteiger partial charge on any atom is -0.392 e. The number of rotatable bonds is 5. The molecule has 0 saturated carbocycles. The second kappa shape index (κ2) is 6.53. The molecule has 1 aliphatic heterocycles. The second-order valence-electron chi connectivity index (χ2n) is 6.42. The van der Waals surface area contributed by atoms with E-state index in [0.29, 0.717) is 6.54 Å². The van der Waals surface area contributed by atoms with Crippen LogP contribution in [0.1, 0.15) is 40.5 Å². The lowest BCUT2D eigenvalue weighted by atomic mass is 9.80. The van der Waals surface area contributed by atoms with E-state index < -0.39 is 6.10 Å². The molecule has 1 aliphatic rings. The average Bonchev–Trinajstić information content (AvgIpc) is 2.36. The van der Waals surface area contributed by atoms with Gasteiger partial charge in [-0.2, -0.15) is 0 Å². The van der Waals surface area contributed by atoms with Crippen LogP contribution in [-0.4, -0.2) is 36.8 Å². The quantitative estimate of drug-likeness (QED) is 0.691. The first-order valence-electron chi connectivity index (χ1n) is 7.01. The summed E-state index contributed by atoms with van der Waals surface area (Å²) in [7, 11) is 0. The van der Waals surface area contributed by atoms with Crippen molar-refractivity contribution in [3.63, 3.8) is 0 Å². The molecule has 0 aromatic heterocycles. The highest BCUT2D eigenvalue weighted by molar-refractivity contribution is 5.78. The molecule has 0 radical (unpaired) electrons. The SMILES string of the molecule is CC(C)C(O)C(C)(C)CNC(=O)C1CCNCC1. The predicted molar refractivity (Wildman–Crippen MR) is 73.2 cm³/mol. The summed E-state index contributed by atoms with van der Waals surface area (Å²) in [5.41, 5.74) is -0.281. The van der Waals surface area contributed by atoms with Crippen molar-refractivity contribution in [1.82, 2.24) is 10.6 Å². The van der Waals surface area contributed by atoms with Gasteiger partial charge in [0.1, 0.15) is 0 Å². The molecule has 1 amide bonds. The summed E-state index contributed by atoms with van der Waals surface area (Å²) in [5, 5.41) is 16.4. The van der Waals surface area contributed by atoms with Crippen LogP contribution < -0.4 is 10.6 Å². The Morgan fingerprint density at radius 1 is 1.39 bits per heavy atom.